The maximum atomic E-state index is 10.8. The Labute approximate surface area is 147 Å². The van der Waals surface area contributed by atoms with Crippen LogP contribution < -0.4 is 5.73 Å². The molecular formula is C18H15N5O3. The number of benzene rings is 2. The van der Waals surface area contributed by atoms with E-state index >= 15 is 0 Å². The van der Waals surface area contributed by atoms with Gasteiger partial charge in [0.05, 0.1) is 11.7 Å². The van der Waals surface area contributed by atoms with Crippen molar-refractivity contribution in [3.05, 3.63) is 54.2 Å². The Morgan fingerprint density at radius 3 is 2.73 bits per heavy atom. The summed E-state index contributed by atoms with van der Waals surface area (Å²) in [6.07, 6.45) is 2.01. The van der Waals surface area contributed by atoms with E-state index in [4.69, 9.17) is 15.4 Å². The number of hydrogen-bond acceptors (Lipinski definition) is 6. The van der Waals surface area contributed by atoms with Crippen molar-refractivity contribution in [1.29, 1.82) is 0 Å². The number of aromatic nitrogens is 4. The Hall–Kier alpha value is -3.52. The molecule has 2 aromatic carbocycles. The van der Waals surface area contributed by atoms with Crippen LogP contribution in [0.1, 0.15) is 5.56 Å². The number of hydrogen-bond donors (Lipinski definition) is 3. The number of nitrogens with two attached hydrogens (primary N) is 1. The van der Waals surface area contributed by atoms with Crippen LogP contribution in [0.2, 0.25) is 0 Å². The van der Waals surface area contributed by atoms with Gasteiger partial charge in [-0.2, -0.15) is 10.1 Å². The second kappa shape index (κ2) is 6.41. The van der Waals surface area contributed by atoms with Crippen LogP contribution in [-0.2, 0) is 11.2 Å². The second-order valence-corrected chi connectivity index (χ2v) is 5.94. The van der Waals surface area contributed by atoms with Crippen LogP contribution >= 0.6 is 0 Å². The topological polar surface area (TPSA) is 131 Å². The van der Waals surface area contributed by atoms with Crippen molar-refractivity contribution in [1.82, 2.24) is 20.3 Å². The summed E-state index contributed by atoms with van der Waals surface area (Å²) in [7, 11) is 0. The van der Waals surface area contributed by atoms with Gasteiger partial charge in [0, 0.05) is 16.5 Å². The second-order valence-electron chi connectivity index (χ2n) is 5.94. The molecule has 0 aliphatic rings. The summed E-state index contributed by atoms with van der Waals surface area (Å²) in [5, 5.41) is 20.8. The molecule has 26 heavy (non-hydrogen) atoms. The van der Waals surface area contributed by atoms with Crippen molar-refractivity contribution in [3.8, 4) is 22.8 Å². The molecule has 2 aromatic heterocycles. The van der Waals surface area contributed by atoms with Gasteiger partial charge in [-0.3, -0.25) is 9.89 Å². The average Bonchev–Trinajstić information content (AvgIpc) is 3.31. The molecule has 2 heterocycles. The molecule has 0 saturated carbocycles. The van der Waals surface area contributed by atoms with Crippen LogP contribution in [0.5, 0.6) is 0 Å². The molecule has 0 saturated heterocycles. The van der Waals surface area contributed by atoms with E-state index in [2.05, 4.69) is 20.3 Å². The van der Waals surface area contributed by atoms with Crippen molar-refractivity contribution in [2.24, 2.45) is 5.73 Å². The first-order valence-corrected chi connectivity index (χ1v) is 7.95. The fourth-order valence-corrected chi connectivity index (χ4v) is 2.66. The van der Waals surface area contributed by atoms with Gasteiger partial charge in [0.15, 0.2) is 0 Å². The van der Waals surface area contributed by atoms with Crippen molar-refractivity contribution < 1.29 is 14.4 Å². The van der Waals surface area contributed by atoms with E-state index in [0.29, 0.717) is 11.7 Å². The fourth-order valence-electron chi connectivity index (χ4n) is 2.66. The summed E-state index contributed by atoms with van der Waals surface area (Å²) in [5.41, 5.74) is 8.84. The van der Waals surface area contributed by atoms with Gasteiger partial charge >= 0.3 is 5.97 Å². The first-order valence-electron chi connectivity index (χ1n) is 7.95. The highest BCUT2D eigenvalue weighted by Crippen LogP contribution is 2.25. The first-order chi connectivity index (χ1) is 12.6. The highest BCUT2D eigenvalue weighted by atomic mass is 16.5. The summed E-state index contributed by atoms with van der Waals surface area (Å²) >= 11 is 0. The molecule has 0 spiro atoms. The predicted octanol–water partition coefficient (Wildman–Crippen LogP) is 2.23. The standard InChI is InChI=1S/C18H15N5O3/c19-14(18(24)25)7-10-1-3-11(4-2-10)16-21-17(26-23-16)12-5-6-13-9-20-22-15(13)8-12/h1-6,8-9,14H,7,19H2,(H,20,22)(H,24,25). The highest BCUT2D eigenvalue weighted by molar-refractivity contribution is 5.82. The van der Waals surface area contributed by atoms with Crippen LogP contribution in [-0.4, -0.2) is 37.5 Å². The van der Waals surface area contributed by atoms with Crippen LogP contribution in [0.25, 0.3) is 33.7 Å². The Morgan fingerprint density at radius 2 is 1.96 bits per heavy atom. The van der Waals surface area contributed by atoms with Crippen LogP contribution in [0.4, 0.5) is 0 Å². The Balaban J connectivity index is 1.56. The van der Waals surface area contributed by atoms with Crippen molar-refractivity contribution in [2.75, 3.05) is 0 Å². The SMILES string of the molecule is NC(Cc1ccc(-c2noc(-c3ccc4cn[nH]c4c3)n2)cc1)C(=O)O. The van der Waals surface area contributed by atoms with E-state index in [0.717, 1.165) is 27.6 Å². The predicted molar refractivity (Wildman–Crippen MR) is 94.1 cm³/mol. The number of H-pyrrole nitrogens is 1. The summed E-state index contributed by atoms with van der Waals surface area (Å²) in [5.74, 6) is -0.154. The molecule has 0 fully saturated rings. The molecule has 1 atom stereocenters. The molecule has 0 aliphatic carbocycles. The van der Waals surface area contributed by atoms with Crippen LogP contribution in [0.3, 0.4) is 0 Å². The molecule has 0 amide bonds. The Kier molecular flexibility index (Phi) is 3.94. The molecule has 4 rings (SSSR count). The van der Waals surface area contributed by atoms with Gasteiger partial charge in [-0.1, -0.05) is 35.5 Å². The number of aromatic amines is 1. The highest BCUT2D eigenvalue weighted by Gasteiger charge is 2.14. The first kappa shape index (κ1) is 16.0. The lowest BCUT2D eigenvalue weighted by molar-refractivity contribution is -0.138. The maximum Gasteiger partial charge on any atom is 0.320 e. The number of rotatable bonds is 5. The smallest absolute Gasteiger partial charge is 0.320 e. The molecule has 8 heteroatoms. The molecule has 8 nitrogen and oxygen atoms in total. The molecule has 4 N–H and O–H groups in total. The number of aliphatic carboxylic acids is 1. The van der Waals surface area contributed by atoms with E-state index < -0.39 is 12.0 Å². The van der Waals surface area contributed by atoms with Gasteiger partial charge in [0.25, 0.3) is 5.89 Å². The number of fused-ring (bicyclic) bond motifs is 1. The Bertz CT molecular complexity index is 1070. The summed E-state index contributed by atoms with van der Waals surface area (Å²) < 4.78 is 5.36. The van der Waals surface area contributed by atoms with E-state index in [1.807, 2.05) is 42.5 Å². The number of carboxylic acids is 1. The van der Waals surface area contributed by atoms with Gasteiger partial charge in [-0.15, -0.1) is 0 Å². The lowest BCUT2D eigenvalue weighted by atomic mass is 10.0. The van der Waals surface area contributed by atoms with Crippen LogP contribution in [0.15, 0.2) is 53.2 Å². The molecule has 0 aliphatic heterocycles. The minimum absolute atomic E-state index is 0.261. The minimum Gasteiger partial charge on any atom is -0.480 e. The number of nitrogens with zero attached hydrogens (tertiary/aromatic N) is 3. The van der Waals surface area contributed by atoms with E-state index in [1.54, 1.807) is 6.20 Å². The molecule has 130 valence electrons. The van der Waals surface area contributed by atoms with Crippen molar-refractivity contribution >= 4 is 16.9 Å². The van der Waals surface area contributed by atoms with Gasteiger partial charge < -0.3 is 15.4 Å². The van der Waals surface area contributed by atoms with Crippen molar-refractivity contribution in [3.63, 3.8) is 0 Å². The zero-order chi connectivity index (χ0) is 18.1. The van der Waals surface area contributed by atoms with E-state index in [9.17, 15) is 4.79 Å². The molecular weight excluding hydrogens is 334 g/mol. The molecule has 1 unspecified atom stereocenters. The van der Waals surface area contributed by atoms with E-state index in [-0.39, 0.29) is 6.42 Å². The third-order valence-electron chi connectivity index (χ3n) is 4.10. The quantitative estimate of drug-likeness (QED) is 0.503. The zero-order valence-corrected chi connectivity index (χ0v) is 13.6. The lowest BCUT2D eigenvalue weighted by Gasteiger charge is -2.06. The third kappa shape index (κ3) is 3.05. The third-order valence-corrected chi connectivity index (χ3v) is 4.10. The largest absolute Gasteiger partial charge is 0.480 e. The van der Waals surface area contributed by atoms with E-state index in [1.165, 1.54) is 0 Å². The van der Waals surface area contributed by atoms with Crippen LogP contribution in [0, 0.1) is 0 Å². The fraction of sp³-hybridized carbons (Fsp3) is 0.111. The lowest BCUT2D eigenvalue weighted by Crippen LogP contribution is -2.32. The number of carboxylic acid groups (broad SMARTS) is 1. The van der Waals surface area contributed by atoms with Gasteiger partial charge in [-0.05, 0) is 24.1 Å². The average molecular weight is 349 g/mol. The maximum absolute atomic E-state index is 10.8. The molecule has 0 radical (unpaired) electrons. The Morgan fingerprint density at radius 1 is 1.19 bits per heavy atom. The number of carbonyl (C=O) groups is 1. The molecule has 0 bridgehead atoms. The minimum atomic E-state index is -1.02. The van der Waals surface area contributed by atoms with Crippen molar-refractivity contribution in [2.45, 2.75) is 12.5 Å². The van der Waals surface area contributed by atoms with Gasteiger partial charge in [0.1, 0.15) is 6.04 Å². The summed E-state index contributed by atoms with van der Waals surface area (Å²) in [6, 6.07) is 12.1. The normalized spacial score (nSPS) is 12.3. The summed E-state index contributed by atoms with van der Waals surface area (Å²) in [6.45, 7) is 0. The number of nitrogens with one attached hydrogen (secondary N) is 1. The van der Waals surface area contributed by atoms with Gasteiger partial charge in [-0.25, -0.2) is 0 Å². The monoisotopic (exact) mass is 349 g/mol. The molecule has 4 aromatic rings. The zero-order valence-electron chi connectivity index (χ0n) is 13.6. The van der Waals surface area contributed by atoms with Gasteiger partial charge in [0.2, 0.25) is 5.82 Å². The summed E-state index contributed by atoms with van der Waals surface area (Å²) in [4.78, 5) is 15.3.